The van der Waals surface area contributed by atoms with Gasteiger partial charge in [-0.3, -0.25) is 5.43 Å². The Labute approximate surface area is 139 Å². The molecule has 0 saturated carbocycles. The monoisotopic (exact) mass is 310 g/mol. The van der Waals surface area contributed by atoms with E-state index in [0.29, 0.717) is 6.61 Å². The highest BCUT2D eigenvalue weighted by atomic mass is 16.5. The molecule has 23 heavy (non-hydrogen) atoms. The molecule has 0 radical (unpaired) electrons. The van der Waals surface area contributed by atoms with Gasteiger partial charge in [0, 0.05) is 6.61 Å². The molecule has 2 aromatic carbocycles. The fourth-order valence-electron chi connectivity index (χ4n) is 2.21. The van der Waals surface area contributed by atoms with Gasteiger partial charge in [-0.2, -0.15) is 5.10 Å². The summed E-state index contributed by atoms with van der Waals surface area (Å²) >= 11 is 0. The van der Waals surface area contributed by atoms with Crippen LogP contribution in [0.4, 0.5) is 5.69 Å². The first-order valence-electron chi connectivity index (χ1n) is 8.39. The molecule has 0 aliphatic heterocycles. The first-order valence-corrected chi connectivity index (χ1v) is 8.39. The maximum atomic E-state index is 5.70. The van der Waals surface area contributed by atoms with E-state index in [2.05, 4.69) is 41.7 Å². The zero-order valence-electron chi connectivity index (χ0n) is 13.9. The van der Waals surface area contributed by atoms with E-state index < -0.39 is 0 Å². The molecule has 0 aliphatic carbocycles. The van der Waals surface area contributed by atoms with Crippen LogP contribution in [-0.4, -0.2) is 12.8 Å². The van der Waals surface area contributed by atoms with E-state index in [4.69, 9.17) is 4.74 Å². The SMILES string of the molecule is CCCCCCOCc1ccc(C=NNc2ccccc2)cc1. The van der Waals surface area contributed by atoms with E-state index in [1.807, 2.05) is 36.5 Å². The van der Waals surface area contributed by atoms with Crippen LogP contribution in [0.2, 0.25) is 0 Å². The molecule has 0 saturated heterocycles. The highest BCUT2D eigenvalue weighted by Gasteiger charge is 1.95. The third kappa shape index (κ3) is 7.11. The zero-order chi connectivity index (χ0) is 16.2. The lowest BCUT2D eigenvalue weighted by molar-refractivity contribution is 0.117. The molecule has 3 nitrogen and oxygen atoms in total. The Morgan fingerprint density at radius 3 is 2.48 bits per heavy atom. The molecule has 122 valence electrons. The van der Waals surface area contributed by atoms with Gasteiger partial charge in [-0.15, -0.1) is 0 Å². The lowest BCUT2D eigenvalue weighted by Gasteiger charge is -2.04. The zero-order valence-corrected chi connectivity index (χ0v) is 13.9. The highest BCUT2D eigenvalue weighted by molar-refractivity contribution is 5.80. The minimum absolute atomic E-state index is 0.686. The van der Waals surface area contributed by atoms with Crippen molar-refractivity contribution in [3.8, 4) is 0 Å². The van der Waals surface area contributed by atoms with Crippen molar-refractivity contribution in [1.82, 2.24) is 0 Å². The number of benzene rings is 2. The summed E-state index contributed by atoms with van der Waals surface area (Å²) in [5, 5.41) is 4.24. The quantitative estimate of drug-likeness (QED) is 0.370. The average molecular weight is 310 g/mol. The van der Waals surface area contributed by atoms with Crippen molar-refractivity contribution in [1.29, 1.82) is 0 Å². The molecule has 2 rings (SSSR count). The van der Waals surface area contributed by atoms with Crippen molar-refractivity contribution in [2.24, 2.45) is 5.10 Å². The Hall–Kier alpha value is -2.13. The molecule has 0 spiro atoms. The summed E-state index contributed by atoms with van der Waals surface area (Å²) in [6, 6.07) is 18.2. The number of unbranched alkanes of at least 4 members (excludes halogenated alkanes) is 3. The molecule has 0 aliphatic rings. The van der Waals surface area contributed by atoms with E-state index >= 15 is 0 Å². The highest BCUT2D eigenvalue weighted by Crippen LogP contribution is 2.07. The lowest BCUT2D eigenvalue weighted by atomic mass is 10.1. The molecule has 0 bridgehead atoms. The smallest absolute Gasteiger partial charge is 0.0716 e. The summed E-state index contributed by atoms with van der Waals surface area (Å²) in [4.78, 5) is 0. The third-order valence-electron chi connectivity index (χ3n) is 3.57. The molecule has 3 heteroatoms. The number of nitrogens with one attached hydrogen (secondary N) is 1. The number of anilines is 1. The number of nitrogens with zero attached hydrogens (tertiary/aromatic N) is 1. The first kappa shape index (κ1) is 17.2. The molecular weight excluding hydrogens is 284 g/mol. The van der Waals surface area contributed by atoms with Gasteiger partial charge in [0.25, 0.3) is 0 Å². The van der Waals surface area contributed by atoms with Crippen LogP contribution in [-0.2, 0) is 11.3 Å². The van der Waals surface area contributed by atoms with Gasteiger partial charge in [-0.25, -0.2) is 0 Å². The lowest BCUT2D eigenvalue weighted by Crippen LogP contribution is -1.96. The maximum absolute atomic E-state index is 5.70. The average Bonchev–Trinajstić information content (AvgIpc) is 2.60. The Balaban J connectivity index is 1.69. The summed E-state index contributed by atoms with van der Waals surface area (Å²) in [5.74, 6) is 0. The number of hydrogen-bond acceptors (Lipinski definition) is 3. The molecule has 0 atom stereocenters. The van der Waals surface area contributed by atoms with Crippen LogP contribution in [0.15, 0.2) is 59.7 Å². The van der Waals surface area contributed by atoms with Gasteiger partial charge in [0.1, 0.15) is 0 Å². The minimum atomic E-state index is 0.686. The Bertz CT molecular complexity index is 564. The number of ether oxygens (including phenoxy) is 1. The summed E-state index contributed by atoms with van der Waals surface area (Å²) in [7, 11) is 0. The van der Waals surface area contributed by atoms with Crippen LogP contribution < -0.4 is 5.43 Å². The number of hydrogen-bond donors (Lipinski definition) is 1. The Morgan fingerprint density at radius 1 is 0.957 bits per heavy atom. The molecule has 2 aromatic rings. The van der Waals surface area contributed by atoms with Crippen molar-refractivity contribution >= 4 is 11.9 Å². The third-order valence-corrected chi connectivity index (χ3v) is 3.57. The van der Waals surface area contributed by atoms with E-state index in [1.165, 1.54) is 24.8 Å². The molecule has 1 N–H and O–H groups in total. The summed E-state index contributed by atoms with van der Waals surface area (Å²) in [6.07, 6.45) is 6.81. The standard InChI is InChI=1S/C20H26N2O/c1-2-3-4-8-15-23-17-19-13-11-18(12-14-19)16-21-22-20-9-6-5-7-10-20/h5-7,9-14,16,22H,2-4,8,15,17H2,1H3. The van der Waals surface area contributed by atoms with E-state index in [9.17, 15) is 0 Å². The van der Waals surface area contributed by atoms with Crippen LogP contribution in [0.25, 0.3) is 0 Å². The second kappa shape index (κ2) is 10.6. The number of hydrazone groups is 1. The van der Waals surface area contributed by atoms with Gasteiger partial charge in [0.2, 0.25) is 0 Å². The normalized spacial score (nSPS) is 11.0. The van der Waals surface area contributed by atoms with Gasteiger partial charge in [0.05, 0.1) is 18.5 Å². The fraction of sp³-hybridized carbons (Fsp3) is 0.350. The Morgan fingerprint density at radius 2 is 1.74 bits per heavy atom. The predicted octanol–water partition coefficient (Wildman–Crippen LogP) is 5.23. The summed E-state index contributed by atoms with van der Waals surface area (Å²) in [5.41, 5.74) is 6.27. The van der Waals surface area contributed by atoms with Gasteiger partial charge < -0.3 is 4.74 Å². The molecule has 0 fully saturated rings. The van der Waals surface area contributed by atoms with Crippen molar-refractivity contribution in [3.63, 3.8) is 0 Å². The van der Waals surface area contributed by atoms with E-state index in [0.717, 1.165) is 24.3 Å². The van der Waals surface area contributed by atoms with Crippen LogP contribution in [0.3, 0.4) is 0 Å². The molecule has 0 heterocycles. The largest absolute Gasteiger partial charge is 0.377 e. The van der Waals surface area contributed by atoms with Crippen LogP contribution in [0, 0.1) is 0 Å². The topological polar surface area (TPSA) is 33.6 Å². The fourth-order valence-corrected chi connectivity index (χ4v) is 2.21. The second-order valence-electron chi connectivity index (χ2n) is 5.59. The minimum Gasteiger partial charge on any atom is -0.377 e. The van der Waals surface area contributed by atoms with Crippen molar-refractivity contribution in [2.45, 2.75) is 39.2 Å². The molecule has 0 aromatic heterocycles. The van der Waals surface area contributed by atoms with Crippen LogP contribution >= 0.6 is 0 Å². The molecular formula is C20H26N2O. The number of rotatable bonds is 10. The van der Waals surface area contributed by atoms with Gasteiger partial charge in [-0.05, 0) is 29.7 Å². The number of para-hydroxylation sites is 1. The van der Waals surface area contributed by atoms with Gasteiger partial charge >= 0.3 is 0 Å². The van der Waals surface area contributed by atoms with Gasteiger partial charge in [0.15, 0.2) is 0 Å². The predicted molar refractivity (Wildman–Crippen MR) is 97.9 cm³/mol. The van der Waals surface area contributed by atoms with Crippen molar-refractivity contribution in [3.05, 3.63) is 65.7 Å². The van der Waals surface area contributed by atoms with Gasteiger partial charge in [-0.1, -0.05) is 68.7 Å². The van der Waals surface area contributed by atoms with Crippen LogP contribution in [0.1, 0.15) is 43.7 Å². The van der Waals surface area contributed by atoms with Crippen LogP contribution in [0.5, 0.6) is 0 Å². The van der Waals surface area contributed by atoms with E-state index in [-0.39, 0.29) is 0 Å². The first-order chi connectivity index (χ1) is 11.4. The van der Waals surface area contributed by atoms with Crippen molar-refractivity contribution in [2.75, 3.05) is 12.0 Å². The summed E-state index contributed by atoms with van der Waals surface area (Å²) < 4.78 is 5.70. The second-order valence-corrected chi connectivity index (χ2v) is 5.59. The molecule has 0 amide bonds. The molecule has 0 unspecified atom stereocenters. The summed E-state index contributed by atoms with van der Waals surface area (Å²) in [6.45, 7) is 3.76. The Kier molecular flexibility index (Phi) is 7.92. The van der Waals surface area contributed by atoms with E-state index in [1.54, 1.807) is 0 Å². The van der Waals surface area contributed by atoms with Crippen molar-refractivity contribution < 1.29 is 4.74 Å². The maximum Gasteiger partial charge on any atom is 0.0716 e.